The molecule has 2 aromatic carbocycles. The number of nitrogens with one attached hydrogen (secondary N) is 1. The standard InChI is InChI=1S/C19H15F6N3O3/c20-12-8-14(22)15(9-13(12)21)26-18(29)10-3-5-27(6-4-10)16-2-1-11(19(23,24)25)7-17(16)28(30)31/h1-2,7-10H,3-6H2,(H,26,29). The maximum absolute atomic E-state index is 13.7. The zero-order valence-corrected chi connectivity index (χ0v) is 15.7. The highest BCUT2D eigenvalue weighted by Crippen LogP contribution is 2.37. The van der Waals surface area contributed by atoms with Crippen molar-refractivity contribution in [3.63, 3.8) is 0 Å². The molecule has 1 aliphatic rings. The number of halogens is 6. The SMILES string of the molecule is O=C(Nc1cc(F)c(F)cc1F)C1CCN(c2ccc(C(F)(F)F)cc2[N+](=O)[O-])CC1. The summed E-state index contributed by atoms with van der Waals surface area (Å²) in [5, 5.41) is 13.4. The van der Waals surface area contributed by atoms with E-state index in [-0.39, 0.29) is 31.6 Å². The summed E-state index contributed by atoms with van der Waals surface area (Å²) in [7, 11) is 0. The molecular formula is C19H15F6N3O3. The van der Waals surface area contributed by atoms with Crippen LogP contribution < -0.4 is 10.2 Å². The van der Waals surface area contributed by atoms with E-state index in [4.69, 9.17) is 0 Å². The minimum absolute atomic E-state index is 0.0106. The summed E-state index contributed by atoms with van der Waals surface area (Å²) in [6.07, 6.45) is -4.41. The molecule has 0 bridgehead atoms. The lowest BCUT2D eigenvalue weighted by atomic mass is 9.95. The van der Waals surface area contributed by atoms with Gasteiger partial charge in [0.2, 0.25) is 5.91 Å². The summed E-state index contributed by atoms with van der Waals surface area (Å²) >= 11 is 0. The number of piperidine rings is 1. The monoisotopic (exact) mass is 447 g/mol. The third-order valence-corrected chi connectivity index (χ3v) is 4.97. The molecule has 0 aromatic heterocycles. The fraction of sp³-hybridized carbons (Fsp3) is 0.316. The molecule has 0 aliphatic carbocycles. The number of benzene rings is 2. The van der Waals surface area contributed by atoms with Gasteiger partial charge in [0.25, 0.3) is 5.69 Å². The van der Waals surface area contributed by atoms with Gasteiger partial charge in [-0.05, 0) is 25.0 Å². The first-order valence-electron chi connectivity index (χ1n) is 9.03. The quantitative estimate of drug-likeness (QED) is 0.314. The number of nitro groups is 1. The van der Waals surface area contributed by atoms with Gasteiger partial charge < -0.3 is 10.2 Å². The van der Waals surface area contributed by atoms with Crippen LogP contribution in [0.15, 0.2) is 30.3 Å². The van der Waals surface area contributed by atoms with Gasteiger partial charge in [0, 0.05) is 37.2 Å². The molecule has 1 heterocycles. The highest BCUT2D eigenvalue weighted by molar-refractivity contribution is 5.92. The molecule has 1 saturated heterocycles. The van der Waals surface area contributed by atoms with E-state index < -0.39 is 57.3 Å². The molecule has 0 unspecified atom stereocenters. The number of nitrogens with zero attached hydrogens (tertiary/aromatic N) is 2. The van der Waals surface area contributed by atoms with Crippen molar-refractivity contribution in [3.8, 4) is 0 Å². The summed E-state index contributed by atoms with van der Waals surface area (Å²) in [6.45, 7) is 0.231. The molecule has 1 N–H and O–H groups in total. The summed E-state index contributed by atoms with van der Waals surface area (Å²) in [6, 6.07) is 3.03. The van der Waals surface area contributed by atoms with Gasteiger partial charge in [-0.25, -0.2) is 13.2 Å². The van der Waals surface area contributed by atoms with Crippen LogP contribution in [0.1, 0.15) is 18.4 Å². The van der Waals surface area contributed by atoms with Crippen LogP contribution in [0.3, 0.4) is 0 Å². The number of amides is 1. The lowest BCUT2D eigenvalue weighted by Gasteiger charge is -2.32. The molecule has 1 fully saturated rings. The lowest BCUT2D eigenvalue weighted by molar-refractivity contribution is -0.384. The van der Waals surface area contributed by atoms with E-state index in [1.54, 1.807) is 0 Å². The van der Waals surface area contributed by atoms with E-state index in [9.17, 15) is 41.3 Å². The Bertz CT molecular complexity index is 1020. The maximum atomic E-state index is 13.7. The summed E-state index contributed by atoms with van der Waals surface area (Å²) in [5.41, 5.74) is -2.39. The first kappa shape index (κ1) is 22.4. The summed E-state index contributed by atoms with van der Waals surface area (Å²) < 4.78 is 78.5. The minimum atomic E-state index is -4.73. The van der Waals surface area contributed by atoms with Gasteiger partial charge in [-0.15, -0.1) is 0 Å². The van der Waals surface area contributed by atoms with Gasteiger partial charge in [0.1, 0.15) is 11.5 Å². The lowest BCUT2D eigenvalue weighted by Crippen LogP contribution is -2.38. The van der Waals surface area contributed by atoms with Gasteiger partial charge in [0.05, 0.1) is 16.2 Å². The van der Waals surface area contributed by atoms with Crippen LogP contribution in [0, 0.1) is 33.5 Å². The third-order valence-electron chi connectivity index (χ3n) is 4.97. The number of hydrogen-bond acceptors (Lipinski definition) is 4. The number of rotatable bonds is 4. The first-order valence-corrected chi connectivity index (χ1v) is 9.03. The third kappa shape index (κ3) is 4.89. The van der Waals surface area contributed by atoms with E-state index in [1.807, 2.05) is 0 Å². The van der Waals surface area contributed by atoms with Crippen LogP contribution in [-0.2, 0) is 11.0 Å². The van der Waals surface area contributed by atoms with Crippen molar-refractivity contribution in [1.29, 1.82) is 0 Å². The fourth-order valence-electron chi connectivity index (χ4n) is 3.35. The molecule has 31 heavy (non-hydrogen) atoms. The molecule has 166 valence electrons. The van der Waals surface area contributed by atoms with Gasteiger partial charge in [-0.3, -0.25) is 14.9 Å². The molecule has 1 amide bonds. The van der Waals surface area contributed by atoms with Crippen LogP contribution in [0.25, 0.3) is 0 Å². The Kier molecular flexibility index (Phi) is 6.09. The van der Waals surface area contributed by atoms with Crippen LogP contribution >= 0.6 is 0 Å². The number of carbonyl (C=O) groups excluding carboxylic acids is 1. The normalized spacial score (nSPS) is 15.1. The van der Waals surface area contributed by atoms with E-state index in [1.165, 1.54) is 4.90 Å². The molecule has 0 spiro atoms. The van der Waals surface area contributed by atoms with Crippen molar-refractivity contribution in [3.05, 3.63) is 63.5 Å². The number of nitro benzene ring substituents is 1. The van der Waals surface area contributed by atoms with Crippen molar-refractivity contribution in [2.75, 3.05) is 23.3 Å². The number of carbonyl (C=O) groups is 1. The highest BCUT2D eigenvalue weighted by atomic mass is 19.4. The summed E-state index contributed by atoms with van der Waals surface area (Å²) in [5.74, 6) is -5.18. The average molecular weight is 447 g/mol. The second-order valence-corrected chi connectivity index (χ2v) is 6.96. The van der Waals surface area contributed by atoms with Crippen LogP contribution in [0.4, 0.5) is 43.4 Å². The Balaban J connectivity index is 1.70. The Morgan fingerprint density at radius 1 is 1.03 bits per heavy atom. The van der Waals surface area contributed by atoms with E-state index in [2.05, 4.69) is 5.32 Å². The first-order chi connectivity index (χ1) is 14.5. The smallest absolute Gasteiger partial charge is 0.366 e. The van der Waals surface area contributed by atoms with Gasteiger partial charge in [0.15, 0.2) is 11.6 Å². The minimum Gasteiger partial charge on any atom is -0.366 e. The molecule has 0 atom stereocenters. The van der Waals surface area contributed by atoms with Gasteiger partial charge in [-0.1, -0.05) is 0 Å². The molecule has 2 aromatic rings. The number of anilines is 2. The highest BCUT2D eigenvalue weighted by Gasteiger charge is 2.35. The van der Waals surface area contributed by atoms with Gasteiger partial charge in [-0.2, -0.15) is 13.2 Å². The largest absolute Gasteiger partial charge is 0.416 e. The number of hydrogen-bond donors (Lipinski definition) is 1. The average Bonchev–Trinajstić information content (AvgIpc) is 2.71. The van der Waals surface area contributed by atoms with Crippen molar-refractivity contribution in [1.82, 2.24) is 0 Å². The van der Waals surface area contributed by atoms with Crippen LogP contribution in [0.2, 0.25) is 0 Å². The van der Waals surface area contributed by atoms with E-state index in [0.29, 0.717) is 18.2 Å². The van der Waals surface area contributed by atoms with Crippen LogP contribution in [-0.4, -0.2) is 23.9 Å². The summed E-state index contributed by atoms with van der Waals surface area (Å²) in [4.78, 5) is 24.2. The molecule has 12 heteroatoms. The molecule has 3 rings (SSSR count). The van der Waals surface area contributed by atoms with Crippen molar-refractivity contribution < 1.29 is 36.1 Å². The zero-order chi connectivity index (χ0) is 22.9. The molecular weight excluding hydrogens is 432 g/mol. The molecule has 6 nitrogen and oxygen atoms in total. The topological polar surface area (TPSA) is 75.5 Å². The Labute approximate surface area is 171 Å². The van der Waals surface area contributed by atoms with Crippen LogP contribution in [0.5, 0.6) is 0 Å². The maximum Gasteiger partial charge on any atom is 0.416 e. The predicted molar refractivity (Wildman–Crippen MR) is 98.0 cm³/mol. The second kappa shape index (κ2) is 8.44. The molecule has 0 radical (unpaired) electrons. The molecule has 1 aliphatic heterocycles. The van der Waals surface area contributed by atoms with Crippen molar-refractivity contribution in [2.24, 2.45) is 5.92 Å². The fourth-order valence-corrected chi connectivity index (χ4v) is 3.35. The number of alkyl halides is 3. The Morgan fingerprint density at radius 2 is 1.65 bits per heavy atom. The van der Waals surface area contributed by atoms with Crippen molar-refractivity contribution >= 4 is 23.0 Å². The Hall–Kier alpha value is -3.31. The predicted octanol–water partition coefficient (Wildman–Crippen LogP) is 4.89. The van der Waals surface area contributed by atoms with Crippen molar-refractivity contribution in [2.45, 2.75) is 19.0 Å². The van der Waals surface area contributed by atoms with E-state index in [0.717, 1.165) is 12.1 Å². The van der Waals surface area contributed by atoms with E-state index >= 15 is 0 Å². The van der Waals surface area contributed by atoms with Gasteiger partial charge >= 0.3 is 6.18 Å². The second-order valence-electron chi connectivity index (χ2n) is 6.96. The Morgan fingerprint density at radius 3 is 2.23 bits per heavy atom. The zero-order valence-electron chi connectivity index (χ0n) is 15.7. The molecule has 0 saturated carbocycles.